The number of hydrogen-bond donors (Lipinski definition) is 3. The summed E-state index contributed by atoms with van der Waals surface area (Å²) in [5.74, 6) is 0.609. The largest absolute Gasteiger partial charge is 0.350 e. The second kappa shape index (κ2) is 3.79. The smallest absolute Gasteiger partial charge is 0.326 e. The molecule has 0 spiro atoms. The number of aromatic nitrogens is 2. The van der Waals surface area contributed by atoms with Crippen molar-refractivity contribution in [1.29, 1.82) is 0 Å². The van der Waals surface area contributed by atoms with E-state index in [1.54, 1.807) is 6.20 Å². The van der Waals surface area contributed by atoms with Crippen LogP contribution in [0.5, 0.6) is 0 Å². The molecule has 0 saturated carbocycles. The minimum Gasteiger partial charge on any atom is -0.350 e. The number of nitrogens with one attached hydrogen (secondary N) is 2. The third-order valence-corrected chi connectivity index (χ3v) is 3.43. The van der Waals surface area contributed by atoms with Crippen molar-refractivity contribution in [2.75, 3.05) is 13.1 Å². The van der Waals surface area contributed by atoms with Crippen molar-refractivity contribution >= 4 is 11.0 Å². The average Bonchev–Trinajstić information content (AvgIpc) is 2.75. The Hall–Kier alpha value is -1.55. The number of aromatic amines is 1. The maximum atomic E-state index is 9.66. The van der Waals surface area contributed by atoms with Gasteiger partial charge in [-0.05, 0) is 44.0 Å². The van der Waals surface area contributed by atoms with Gasteiger partial charge in [0.25, 0.3) is 0 Å². The molecule has 16 heavy (non-hydrogen) atoms. The normalized spacial score (nSPS) is 18.0. The van der Waals surface area contributed by atoms with Gasteiger partial charge >= 0.3 is 5.65 Å². The zero-order valence-corrected chi connectivity index (χ0v) is 9.11. The minimum atomic E-state index is 0.609. The summed E-state index contributed by atoms with van der Waals surface area (Å²) < 4.78 is 1.15. The van der Waals surface area contributed by atoms with E-state index in [9.17, 15) is 5.21 Å². The minimum absolute atomic E-state index is 0.609. The fraction of sp³-hybridized carbons (Fsp3) is 0.417. The van der Waals surface area contributed by atoms with E-state index < -0.39 is 0 Å². The molecule has 1 aliphatic rings. The molecule has 0 radical (unpaired) electrons. The monoisotopic (exact) mass is 218 g/mol. The summed E-state index contributed by atoms with van der Waals surface area (Å²) >= 11 is 0. The Kier molecular flexibility index (Phi) is 2.29. The molecule has 0 aromatic carbocycles. The quantitative estimate of drug-likeness (QED) is 0.497. The number of rotatable bonds is 1. The highest BCUT2D eigenvalue weighted by Crippen LogP contribution is 2.29. The standard InChI is InChI=1S/C12H15N3O/c16-15-7-1-2-10-11(8-14-12(10)15)9-3-5-13-6-4-9/h1-2,7-9,13,16H,3-6H2/p+1. The summed E-state index contributed by atoms with van der Waals surface area (Å²) in [4.78, 5) is 3.15. The van der Waals surface area contributed by atoms with Gasteiger partial charge < -0.3 is 10.5 Å². The number of piperidine rings is 1. The Labute approximate surface area is 93.9 Å². The fourth-order valence-electron chi connectivity index (χ4n) is 2.57. The van der Waals surface area contributed by atoms with Crippen LogP contribution in [0.15, 0.2) is 24.5 Å². The maximum Gasteiger partial charge on any atom is 0.326 e. The molecule has 0 bridgehead atoms. The van der Waals surface area contributed by atoms with Crippen molar-refractivity contribution in [1.82, 2.24) is 10.3 Å². The van der Waals surface area contributed by atoms with Crippen LogP contribution in [0.1, 0.15) is 24.3 Å². The van der Waals surface area contributed by atoms with Gasteiger partial charge in [-0.3, -0.25) is 0 Å². The first-order valence-corrected chi connectivity index (χ1v) is 5.78. The summed E-state index contributed by atoms with van der Waals surface area (Å²) in [7, 11) is 0. The lowest BCUT2D eigenvalue weighted by Gasteiger charge is -2.21. The predicted octanol–water partition coefficient (Wildman–Crippen LogP) is 1.16. The van der Waals surface area contributed by atoms with Crippen LogP contribution in [0.2, 0.25) is 0 Å². The maximum absolute atomic E-state index is 9.66. The van der Waals surface area contributed by atoms with Gasteiger partial charge in [0.15, 0.2) is 0 Å². The zero-order chi connectivity index (χ0) is 11.0. The summed E-state index contributed by atoms with van der Waals surface area (Å²) in [5, 5.41) is 14.2. The van der Waals surface area contributed by atoms with Crippen LogP contribution in [0.3, 0.4) is 0 Å². The Morgan fingerprint density at radius 1 is 1.31 bits per heavy atom. The molecule has 0 aliphatic carbocycles. The molecule has 4 heteroatoms. The van der Waals surface area contributed by atoms with E-state index in [0.717, 1.165) is 28.9 Å². The zero-order valence-electron chi connectivity index (χ0n) is 9.11. The van der Waals surface area contributed by atoms with Gasteiger partial charge in [-0.25, -0.2) is 4.98 Å². The molecule has 0 amide bonds. The second-order valence-corrected chi connectivity index (χ2v) is 4.38. The predicted molar refractivity (Wildman–Crippen MR) is 60.5 cm³/mol. The Balaban J connectivity index is 2.06. The van der Waals surface area contributed by atoms with Crippen LogP contribution in [0, 0.1) is 0 Å². The topological polar surface area (TPSA) is 51.9 Å². The van der Waals surface area contributed by atoms with Crippen molar-refractivity contribution in [2.45, 2.75) is 18.8 Å². The van der Waals surface area contributed by atoms with Gasteiger partial charge in [-0.1, -0.05) is 4.73 Å². The summed E-state index contributed by atoms with van der Waals surface area (Å²) in [6.45, 7) is 2.17. The first-order chi connectivity index (χ1) is 7.86. The van der Waals surface area contributed by atoms with E-state index >= 15 is 0 Å². The molecule has 3 rings (SSSR count). The molecular formula is C12H16N3O+. The number of H-pyrrole nitrogens is 1. The number of pyridine rings is 1. The van der Waals surface area contributed by atoms with Crippen molar-refractivity contribution in [3.8, 4) is 0 Å². The first-order valence-electron chi connectivity index (χ1n) is 5.78. The summed E-state index contributed by atoms with van der Waals surface area (Å²) in [5.41, 5.74) is 2.12. The first kappa shape index (κ1) is 9.66. The van der Waals surface area contributed by atoms with Crippen LogP contribution in [0.4, 0.5) is 0 Å². The third-order valence-electron chi connectivity index (χ3n) is 3.43. The molecule has 2 aromatic rings. The molecule has 84 valence electrons. The molecular weight excluding hydrogens is 202 g/mol. The highest BCUT2D eigenvalue weighted by molar-refractivity contribution is 5.77. The summed E-state index contributed by atoms with van der Waals surface area (Å²) in [6, 6.07) is 3.94. The average molecular weight is 218 g/mol. The molecule has 0 unspecified atom stereocenters. The molecule has 0 atom stereocenters. The van der Waals surface area contributed by atoms with E-state index in [2.05, 4.69) is 16.4 Å². The second-order valence-electron chi connectivity index (χ2n) is 4.38. The van der Waals surface area contributed by atoms with Crippen LogP contribution in [-0.2, 0) is 0 Å². The Morgan fingerprint density at radius 2 is 2.12 bits per heavy atom. The molecule has 1 saturated heterocycles. The van der Waals surface area contributed by atoms with Gasteiger partial charge in [0.1, 0.15) is 6.20 Å². The van der Waals surface area contributed by atoms with Gasteiger partial charge in [-0.2, -0.15) is 0 Å². The van der Waals surface area contributed by atoms with Crippen molar-refractivity contribution in [3.05, 3.63) is 30.1 Å². The number of fused-ring (bicyclic) bond motifs is 1. The molecule has 3 heterocycles. The molecule has 3 N–H and O–H groups in total. The van der Waals surface area contributed by atoms with Crippen LogP contribution < -0.4 is 10.0 Å². The SMILES string of the molecule is O[n+]1cccc2c(C3CCNCC3)c[nH]c21. The lowest BCUT2D eigenvalue weighted by molar-refractivity contribution is -0.885. The van der Waals surface area contributed by atoms with Crippen molar-refractivity contribution in [3.63, 3.8) is 0 Å². The molecule has 1 fully saturated rings. The van der Waals surface area contributed by atoms with Gasteiger partial charge in [-0.15, -0.1) is 0 Å². The Bertz CT molecular complexity index is 500. The Morgan fingerprint density at radius 3 is 2.94 bits per heavy atom. The van der Waals surface area contributed by atoms with E-state index in [-0.39, 0.29) is 0 Å². The third kappa shape index (κ3) is 1.46. The summed E-state index contributed by atoms with van der Waals surface area (Å²) in [6.07, 6.45) is 6.03. The number of nitrogens with zero attached hydrogens (tertiary/aromatic N) is 1. The van der Waals surface area contributed by atoms with Crippen molar-refractivity contribution in [2.24, 2.45) is 0 Å². The van der Waals surface area contributed by atoms with Gasteiger partial charge in [0.2, 0.25) is 0 Å². The molecule has 1 aliphatic heterocycles. The van der Waals surface area contributed by atoms with Crippen LogP contribution in [-0.4, -0.2) is 23.3 Å². The highest BCUT2D eigenvalue weighted by atomic mass is 16.5. The van der Waals surface area contributed by atoms with E-state index in [1.807, 2.05) is 12.3 Å². The van der Waals surface area contributed by atoms with E-state index in [1.165, 1.54) is 18.4 Å². The molecule has 2 aromatic heterocycles. The fourth-order valence-corrected chi connectivity index (χ4v) is 2.57. The van der Waals surface area contributed by atoms with Crippen LogP contribution >= 0.6 is 0 Å². The lowest BCUT2D eigenvalue weighted by atomic mass is 9.90. The van der Waals surface area contributed by atoms with Gasteiger partial charge in [0, 0.05) is 5.56 Å². The van der Waals surface area contributed by atoms with Gasteiger partial charge in [0.05, 0.1) is 11.6 Å². The molecule has 4 nitrogen and oxygen atoms in total. The van der Waals surface area contributed by atoms with Crippen LogP contribution in [0.25, 0.3) is 11.0 Å². The highest BCUT2D eigenvalue weighted by Gasteiger charge is 2.22. The van der Waals surface area contributed by atoms with Crippen molar-refractivity contribution < 1.29 is 9.94 Å². The lowest BCUT2D eigenvalue weighted by Crippen LogP contribution is -2.30. The van der Waals surface area contributed by atoms with E-state index in [0.29, 0.717) is 5.92 Å². The number of hydrogen-bond acceptors (Lipinski definition) is 2. The van der Waals surface area contributed by atoms with E-state index in [4.69, 9.17) is 0 Å².